The molecule has 5 nitrogen and oxygen atoms in total. The fraction of sp³-hybridized carbons (Fsp3) is 0.529. The van der Waals surface area contributed by atoms with Gasteiger partial charge in [-0.05, 0) is 62.8 Å². The number of nitrogens with one attached hydrogen (secondary N) is 2. The minimum atomic E-state index is -0.122. The van der Waals surface area contributed by atoms with E-state index in [9.17, 15) is 4.79 Å². The first-order valence-electron chi connectivity index (χ1n) is 8.05. The summed E-state index contributed by atoms with van der Waals surface area (Å²) in [5, 5.41) is 7.36. The SMILES string of the molecule is CCOc1ccc(NCC(=O)N/N=C2\CCCC2CC)cc1. The van der Waals surface area contributed by atoms with Gasteiger partial charge in [-0.1, -0.05) is 6.92 Å². The van der Waals surface area contributed by atoms with Crippen molar-refractivity contribution >= 4 is 17.3 Å². The highest BCUT2D eigenvalue weighted by Crippen LogP contribution is 2.24. The first-order valence-corrected chi connectivity index (χ1v) is 8.05. The topological polar surface area (TPSA) is 62.7 Å². The molecule has 0 spiro atoms. The van der Waals surface area contributed by atoms with Gasteiger partial charge in [0.05, 0.1) is 13.2 Å². The Morgan fingerprint density at radius 1 is 1.32 bits per heavy atom. The van der Waals surface area contributed by atoms with E-state index < -0.39 is 0 Å². The Hall–Kier alpha value is -2.04. The number of hydrazone groups is 1. The van der Waals surface area contributed by atoms with Crippen LogP contribution < -0.4 is 15.5 Å². The van der Waals surface area contributed by atoms with E-state index in [0.717, 1.165) is 30.0 Å². The zero-order valence-electron chi connectivity index (χ0n) is 13.4. The Balaban J connectivity index is 1.76. The standard InChI is InChI=1S/C17H25N3O2/c1-3-13-6-5-7-16(13)19-20-17(21)12-18-14-8-10-15(11-9-14)22-4-2/h8-11,13,18H,3-7,12H2,1-2H3,(H,20,21)/b19-16+. The molecule has 1 fully saturated rings. The van der Waals surface area contributed by atoms with Crippen molar-refractivity contribution in [3.63, 3.8) is 0 Å². The Labute approximate surface area is 132 Å². The van der Waals surface area contributed by atoms with Gasteiger partial charge in [0.15, 0.2) is 0 Å². The monoisotopic (exact) mass is 303 g/mol. The van der Waals surface area contributed by atoms with Crippen LogP contribution in [-0.2, 0) is 4.79 Å². The average Bonchev–Trinajstić information content (AvgIpc) is 3.00. The summed E-state index contributed by atoms with van der Waals surface area (Å²) in [6.07, 6.45) is 4.47. The van der Waals surface area contributed by atoms with Crippen LogP contribution in [0.1, 0.15) is 39.5 Å². The van der Waals surface area contributed by atoms with Crippen molar-refractivity contribution in [1.82, 2.24) is 5.43 Å². The number of nitrogens with zero attached hydrogens (tertiary/aromatic N) is 1. The highest BCUT2D eigenvalue weighted by Gasteiger charge is 2.20. The largest absolute Gasteiger partial charge is 0.494 e. The number of rotatable bonds is 7. The molecule has 0 saturated heterocycles. The van der Waals surface area contributed by atoms with Gasteiger partial charge in [-0.3, -0.25) is 4.79 Å². The minimum Gasteiger partial charge on any atom is -0.494 e. The van der Waals surface area contributed by atoms with Crippen molar-refractivity contribution in [3.05, 3.63) is 24.3 Å². The van der Waals surface area contributed by atoms with Crippen LogP contribution in [0.4, 0.5) is 5.69 Å². The van der Waals surface area contributed by atoms with Crippen molar-refractivity contribution < 1.29 is 9.53 Å². The predicted octanol–water partition coefficient (Wildman–Crippen LogP) is 3.18. The van der Waals surface area contributed by atoms with Gasteiger partial charge in [0.1, 0.15) is 5.75 Å². The highest BCUT2D eigenvalue weighted by molar-refractivity contribution is 5.90. The molecule has 2 N–H and O–H groups in total. The quantitative estimate of drug-likeness (QED) is 0.760. The zero-order valence-corrected chi connectivity index (χ0v) is 13.4. The van der Waals surface area contributed by atoms with Crippen molar-refractivity contribution in [2.45, 2.75) is 39.5 Å². The Bertz CT molecular complexity index is 511. The predicted molar refractivity (Wildman–Crippen MR) is 89.3 cm³/mol. The third-order valence-corrected chi connectivity index (χ3v) is 3.89. The van der Waals surface area contributed by atoms with E-state index in [1.165, 1.54) is 12.8 Å². The maximum atomic E-state index is 11.8. The molecule has 22 heavy (non-hydrogen) atoms. The molecule has 0 aromatic heterocycles. The normalized spacial score (nSPS) is 19.2. The first kappa shape index (κ1) is 16.3. The summed E-state index contributed by atoms with van der Waals surface area (Å²) in [5.74, 6) is 1.25. The fourth-order valence-electron chi connectivity index (χ4n) is 2.68. The number of benzene rings is 1. The Morgan fingerprint density at radius 2 is 2.09 bits per heavy atom. The van der Waals surface area contributed by atoms with E-state index in [-0.39, 0.29) is 12.5 Å². The molecule has 1 unspecified atom stereocenters. The number of hydrogen-bond donors (Lipinski definition) is 2. The first-order chi connectivity index (χ1) is 10.7. The van der Waals surface area contributed by atoms with Crippen molar-refractivity contribution in [2.75, 3.05) is 18.5 Å². The molecule has 5 heteroatoms. The maximum absolute atomic E-state index is 11.8. The molecule has 1 saturated carbocycles. The van der Waals surface area contributed by atoms with Crippen LogP contribution in [0, 0.1) is 5.92 Å². The molecule has 0 heterocycles. The van der Waals surface area contributed by atoms with Crippen LogP contribution in [0.2, 0.25) is 0 Å². The molecule has 1 aromatic rings. The third kappa shape index (κ3) is 4.76. The van der Waals surface area contributed by atoms with Crippen LogP contribution in [0.3, 0.4) is 0 Å². The molecule has 1 aromatic carbocycles. The van der Waals surface area contributed by atoms with Crippen LogP contribution >= 0.6 is 0 Å². The lowest BCUT2D eigenvalue weighted by molar-refractivity contribution is -0.119. The summed E-state index contributed by atoms with van der Waals surface area (Å²) in [5.41, 5.74) is 4.68. The van der Waals surface area contributed by atoms with Gasteiger partial charge in [-0.2, -0.15) is 5.10 Å². The zero-order chi connectivity index (χ0) is 15.8. The summed E-state index contributed by atoms with van der Waals surface area (Å²) in [6, 6.07) is 7.56. The summed E-state index contributed by atoms with van der Waals surface area (Å²) >= 11 is 0. The second-order valence-electron chi connectivity index (χ2n) is 5.45. The van der Waals surface area contributed by atoms with Gasteiger partial charge in [0, 0.05) is 11.4 Å². The Morgan fingerprint density at radius 3 is 2.77 bits per heavy atom. The molecule has 1 atom stereocenters. The van der Waals surface area contributed by atoms with Gasteiger partial charge in [-0.15, -0.1) is 0 Å². The van der Waals surface area contributed by atoms with E-state index in [0.29, 0.717) is 12.5 Å². The summed E-state index contributed by atoms with van der Waals surface area (Å²) in [6.45, 7) is 4.97. The number of hydrogen-bond acceptors (Lipinski definition) is 4. The molecule has 2 rings (SSSR count). The molecular weight excluding hydrogens is 278 g/mol. The number of ether oxygens (including phenoxy) is 1. The average molecular weight is 303 g/mol. The lowest BCUT2D eigenvalue weighted by Crippen LogP contribution is -2.27. The molecule has 1 aliphatic rings. The number of anilines is 1. The molecule has 0 radical (unpaired) electrons. The molecular formula is C17H25N3O2. The second kappa shape index (κ2) is 8.41. The van der Waals surface area contributed by atoms with Gasteiger partial charge in [0.25, 0.3) is 5.91 Å². The fourth-order valence-corrected chi connectivity index (χ4v) is 2.68. The van der Waals surface area contributed by atoms with Gasteiger partial charge < -0.3 is 10.1 Å². The van der Waals surface area contributed by atoms with E-state index in [1.54, 1.807) is 0 Å². The molecule has 0 aliphatic heterocycles. The van der Waals surface area contributed by atoms with Crippen LogP contribution in [-0.4, -0.2) is 24.8 Å². The Kier molecular flexibility index (Phi) is 6.25. The van der Waals surface area contributed by atoms with Gasteiger partial charge >= 0.3 is 0 Å². The minimum absolute atomic E-state index is 0.122. The lowest BCUT2D eigenvalue weighted by atomic mass is 10.0. The third-order valence-electron chi connectivity index (χ3n) is 3.89. The van der Waals surface area contributed by atoms with Crippen LogP contribution in [0.25, 0.3) is 0 Å². The molecule has 1 aliphatic carbocycles. The molecule has 0 bridgehead atoms. The van der Waals surface area contributed by atoms with Crippen LogP contribution in [0.5, 0.6) is 5.75 Å². The van der Waals surface area contributed by atoms with E-state index in [1.807, 2.05) is 31.2 Å². The van der Waals surface area contributed by atoms with Crippen LogP contribution in [0.15, 0.2) is 29.4 Å². The van der Waals surface area contributed by atoms with Crippen molar-refractivity contribution in [2.24, 2.45) is 11.0 Å². The maximum Gasteiger partial charge on any atom is 0.259 e. The van der Waals surface area contributed by atoms with E-state index in [4.69, 9.17) is 4.74 Å². The smallest absolute Gasteiger partial charge is 0.259 e. The lowest BCUT2D eigenvalue weighted by Gasteiger charge is -2.09. The van der Waals surface area contributed by atoms with Crippen molar-refractivity contribution in [1.29, 1.82) is 0 Å². The van der Waals surface area contributed by atoms with E-state index >= 15 is 0 Å². The van der Waals surface area contributed by atoms with Crippen molar-refractivity contribution in [3.8, 4) is 5.75 Å². The summed E-state index contributed by atoms with van der Waals surface area (Å²) in [4.78, 5) is 11.8. The highest BCUT2D eigenvalue weighted by atomic mass is 16.5. The summed E-state index contributed by atoms with van der Waals surface area (Å²) < 4.78 is 5.38. The van der Waals surface area contributed by atoms with E-state index in [2.05, 4.69) is 22.8 Å². The van der Waals surface area contributed by atoms with Gasteiger partial charge in [0.2, 0.25) is 0 Å². The number of carbonyl (C=O) groups excluding carboxylic acids is 1. The number of amides is 1. The summed E-state index contributed by atoms with van der Waals surface area (Å²) in [7, 11) is 0. The number of carbonyl (C=O) groups is 1. The molecule has 1 amide bonds. The second-order valence-corrected chi connectivity index (χ2v) is 5.45. The molecule has 120 valence electrons. The van der Waals surface area contributed by atoms with Gasteiger partial charge in [-0.25, -0.2) is 5.43 Å².